The van der Waals surface area contributed by atoms with E-state index < -0.39 is 17.9 Å². The number of para-hydroxylation sites is 1. The fraction of sp³-hybridized carbons (Fsp3) is 0.385. The molecular formula is C13H16ClNO4. The van der Waals surface area contributed by atoms with E-state index in [0.29, 0.717) is 22.9 Å². The Morgan fingerprint density at radius 1 is 1.47 bits per heavy atom. The van der Waals surface area contributed by atoms with Crippen molar-refractivity contribution in [1.82, 2.24) is 5.32 Å². The summed E-state index contributed by atoms with van der Waals surface area (Å²) in [6.07, 6.45) is 0.0213. The highest BCUT2D eigenvalue weighted by Crippen LogP contribution is 2.29. The van der Waals surface area contributed by atoms with Crippen molar-refractivity contribution < 1.29 is 19.4 Å². The maximum Gasteiger partial charge on any atom is 0.325 e. The Hall–Kier alpha value is -1.75. The second-order valence-electron chi connectivity index (χ2n) is 3.97. The van der Waals surface area contributed by atoms with Crippen molar-refractivity contribution in [3.63, 3.8) is 0 Å². The average molecular weight is 286 g/mol. The standard InChI is InChI=1S/C13H16ClNO4/c1-3-19-12-9(5-4-6-10(12)14)7-11(16)15-8(2)13(17)18/h4-6,8H,3,7H2,1-2H3,(H,15,16)(H,17,18). The monoisotopic (exact) mass is 285 g/mol. The van der Waals surface area contributed by atoms with Crippen LogP contribution in [0.15, 0.2) is 18.2 Å². The zero-order chi connectivity index (χ0) is 14.4. The van der Waals surface area contributed by atoms with Gasteiger partial charge in [-0.2, -0.15) is 0 Å². The Kier molecular flexibility index (Phi) is 5.63. The minimum atomic E-state index is -1.08. The van der Waals surface area contributed by atoms with Crippen LogP contribution in [0.2, 0.25) is 5.02 Å². The first-order valence-corrected chi connectivity index (χ1v) is 6.25. The Morgan fingerprint density at radius 3 is 2.74 bits per heavy atom. The van der Waals surface area contributed by atoms with Crippen molar-refractivity contribution in [2.45, 2.75) is 26.3 Å². The van der Waals surface area contributed by atoms with Gasteiger partial charge in [0, 0.05) is 5.56 Å². The minimum Gasteiger partial charge on any atom is -0.492 e. The van der Waals surface area contributed by atoms with Crippen LogP contribution in [-0.4, -0.2) is 29.6 Å². The predicted molar refractivity (Wildman–Crippen MR) is 71.6 cm³/mol. The zero-order valence-electron chi connectivity index (χ0n) is 10.8. The molecule has 0 aliphatic rings. The van der Waals surface area contributed by atoms with E-state index >= 15 is 0 Å². The number of ether oxygens (including phenoxy) is 1. The lowest BCUT2D eigenvalue weighted by Crippen LogP contribution is -2.39. The van der Waals surface area contributed by atoms with Crippen molar-refractivity contribution >= 4 is 23.5 Å². The molecular weight excluding hydrogens is 270 g/mol. The van der Waals surface area contributed by atoms with Crippen molar-refractivity contribution in [2.24, 2.45) is 0 Å². The van der Waals surface area contributed by atoms with Gasteiger partial charge in [-0.3, -0.25) is 9.59 Å². The molecule has 19 heavy (non-hydrogen) atoms. The summed E-state index contributed by atoms with van der Waals surface area (Å²) < 4.78 is 5.39. The van der Waals surface area contributed by atoms with Gasteiger partial charge in [-0.05, 0) is 19.9 Å². The Balaban J connectivity index is 2.79. The summed E-state index contributed by atoms with van der Waals surface area (Å²) in [5.74, 6) is -1.01. The molecule has 0 saturated heterocycles. The molecule has 1 rings (SSSR count). The van der Waals surface area contributed by atoms with Crippen molar-refractivity contribution in [1.29, 1.82) is 0 Å². The van der Waals surface area contributed by atoms with Gasteiger partial charge in [-0.25, -0.2) is 0 Å². The van der Waals surface area contributed by atoms with E-state index in [-0.39, 0.29) is 6.42 Å². The number of aliphatic carboxylic acids is 1. The van der Waals surface area contributed by atoms with E-state index in [1.54, 1.807) is 18.2 Å². The lowest BCUT2D eigenvalue weighted by molar-refractivity contribution is -0.141. The predicted octanol–water partition coefficient (Wildman–Crippen LogP) is 1.87. The number of carbonyl (C=O) groups excluding carboxylic acids is 1. The maximum absolute atomic E-state index is 11.7. The number of hydrogen-bond acceptors (Lipinski definition) is 3. The summed E-state index contributed by atoms with van der Waals surface area (Å²) in [4.78, 5) is 22.4. The molecule has 0 fully saturated rings. The van der Waals surface area contributed by atoms with E-state index in [1.165, 1.54) is 6.92 Å². The molecule has 2 N–H and O–H groups in total. The molecule has 1 amide bonds. The normalized spacial score (nSPS) is 11.7. The van der Waals surface area contributed by atoms with Gasteiger partial charge in [0.15, 0.2) is 0 Å². The van der Waals surface area contributed by atoms with Crippen LogP contribution < -0.4 is 10.1 Å². The zero-order valence-corrected chi connectivity index (χ0v) is 11.5. The number of hydrogen-bond donors (Lipinski definition) is 2. The minimum absolute atomic E-state index is 0.0213. The van der Waals surface area contributed by atoms with Crippen molar-refractivity contribution in [2.75, 3.05) is 6.61 Å². The first kappa shape index (κ1) is 15.3. The summed E-state index contributed by atoms with van der Waals surface area (Å²) >= 11 is 6.00. The largest absolute Gasteiger partial charge is 0.492 e. The molecule has 0 bridgehead atoms. The number of benzene rings is 1. The second-order valence-corrected chi connectivity index (χ2v) is 4.37. The summed E-state index contributed by atoms with van der Waals surface area (Å²) in [6.45, 7) is 3.66. The third kappa shape index (κ3) is 4.44. The van der Waals surface area contributed by atoms with Gasteiger partial charge >= 0.3 is 5.97 Å². The Morgan fingerprint density at radius 2 is 2.16 bits per heavy atom. The summed E-state index contributed by atoms with van der Waals surface area (Å²) in [5.41, 5.74) is 0.629. The van der Waals surface area contributed by atoms with Crippen LogP contribution in [-0.2, 0) is 16.0 Å². The number of rotatable bonds is 6. The van der Waals surface area contributed by atoms with Crippen LogP contribution in [0, 0.1) is 0 Å². The Bertz CT molecular complexity index is 476. The van der Waals surface area contributed by atoms with E-state index in [2.05, 4.69) is 5.32 Å². The summed E-state index contributed by atoms with van der Waals surface area (Å²) in [6, 6.07) is 4.19. The van der Waals surface area contributed by atoms with Crippen LogP contribution >= 0.6 is 11.6 Å². The van der Waals surface area contributed by atoms with E-state index in [4.69, 9.17) is 21.4 Å². The molecule has 0 aromatic heterocycles. The summed E-state index contributed by atoms with van der Waals surface area (Å²) in [7, 11) is 0. The van der Waals surface area contributed by atoms with Gasteiger partial charge in [0.2, 0.25) is 5.91 Å². The third-order valence-corrected chi connectivity index (χ3v) is 2.73. The molecule has 0 saturated carbocycles. The molecule has 6 heteroatoms. The van der Waals surface area contributed by atoms with Crippen LogP contribution in [0.1, 0.15) is 19.4 Å². The third-order valence-electron chi connectivity index (χ3n) is 2.44. The number of carbonyl (C=O) groups is 2. The molecule has 1 unspecified atom stereocenters. The van der Waals surface area contributed by atoms with Gasteiger partial charge in [0.05, 0.1) is 18.1 Å². The molecule has 104 valence electrons. The molecule has 5 nitrogen and oxygen atoms in total. The fourth-order valence-electron chi connectivity index (χ4n) is 1.53. The smallest absolute Gasteiger partial charge is 0.325 e. The number of carboxylic acid groups (broad SMARTS) is 1. The quantitative estimate of drug-likeness (QED) is 0.837. The number of amides is 1. The van der Waals surface area contributed by atoms with Crippen LogP contribution in [0.25, 0.3) is 0 Å². The van der Waals surface area contributed by atoms with Gasteiger partial charge < -0.3 is 15.2 Å². The summed E-state index contributed by atoms with van der Waals surface area (Å²) in [5, 5.41) is 11.5. The molecule has 1 aromatic carbocycles. The van der Waals surface area contributed by atoms with Crippen LogP contribution in [0.5, 0.6) is 5.75 Å². The molecule has 0 heterocycles. The highest BCUT2D eigenvalue weighted by molar-refractivity contribution is 6.32. The molecule has 1 atom stereocenters. The van der Waals surface area contributed by atoms with Crippen molar-refractivity contribution in [3.05, 3.63) is 28.8 Å². The lowest BCUT2D eigenvalue weighted by Gasteiger charge is -2.13. The second kappa shape index (κ2) is 6.99. The maximum atomic E-state index is 11.7. The van der Waals surface area contributed by atoms with E-state index in [9.17, 15) is 9.59 Å². The number of halogens is 1. The van der Waals surface area contributed by atoms with Gasteiger partial charge in [0.25, 0.3) is 0 Å². The molecule has 1 aromatic rings. The highest BCUT2D eigenvalue weighted by atomic mass is 35.5. The average Bonchev–Trinajstić information content (AvgIpc) is 2.33. The number of nitrogens with one attached hydrogen (secondary N) is 1. The van der Waals surface area contributed by atoms with Gasteiger partial charge in [-0.1, -0.05) is 23.7 Å². The molecule has 0 aliphatic carbocycles. The van der Waals surface area contributed by atoms with E-state index in [0.717, 1.165) is 0 Å². The van der Waals surface area contributed by atoms with Crippen LogP contribution in [0.4, 0.5) is 0 Å². The number of carboxylic acids is 1. The molecule has 0 radical (unpaired) electrons. The first-order chi connectivity index (χ1) is 8.95. The van der Waals surface area contributed by atoms with E-state index in [1.807, 2.05) is 6.92 Å². The lowest BCUT2D eigenvalue weighted by atomic mass is 10.1. The molecule has 0 aliphatic heterocycles. The fourth-order valence-corrected chi connectivity index (χ4v) is 1.77. The van der Waals surface area contributed by atoms with Gasteiger partial charge in [0.1, 0.15) is 11.8 Å². The van der Waals surface area contributed by atoms with Crippen LogP contribution in [0.3, 0.4) is 0 Å². The Labute approximate surface area is 116 Å². The topological polar surface area (TPSA) is 75.6 Å². The van der Waals surface area contributed by atoms with Crippen molar-refractivity contribution in [3.8, 4) is 5.75 Å². The van der Waals surface area contributed by atoms with Gasteiger partial charge in [-0.15, -0.1) is 0 Å². The first-order valence-electron chi connectivity index (χ1n) is 5.88. The molecule has 0 spiro atoms. The SMILES string of the molecule is CCOc1c(Cl)cccc1CC(=O)NC(C)C(=O)O. The highest BCUT2D eigenvalue weighted by Gasteiger charge is 2.16.